The molecule has 1 nitrogen and oxygen atoms in total. The third-order valence-corrected chi connectivity index (χ3v) is 3.31. The average molecular weight is 228 g/mol. The molecule has 0 atom stereocenters. The fraction of sp³-hybridized carbons (Fsp3) is 0.375. The molecule has 0 saturated carbocycles. The van der Waals surface area contributed by atoms with Gasteiger partial charge in [-0.2, -0.15) is 0 Å². The van der Waals surface area contributed by atoms with Crippen molar-refractivity contribution in [3.05, 3.63) is 41.0 Å². The van der Waals surface area contributed by atoms with Crippen molar-refractivity contribution in [2.45, 2.75) is 33.6 Å². The Hall–Kier alpha value is -1.50. The Balaban J connectivity index is 2.90. The number of fused-ring (bicyclic) bond motifs is 1. The highest BCUT2D eigenvalue weighted by Crippen LogP contribution is 2.35. The highest BCUT2D eigenvalue weighted by molar-refractivity contribution is 5.94. The summed E-state index contributed by atoms with van der Waals surface area (Å²) >= 11 is 0. The lowest BCUT2D eigenvalue weighted by atomic mass is 9.92. The van der Waals surface area contributed by atoms with Gasteiger partial charge in [0.15, 0.2) is 0 Å². The average Bonchev–Trinajstić information content (AvgIpc) is 2.27. The summed E-state index contributed by atoms with van der Waals surface area (Å²) in [6.07, 6.45) is 0. The first kappa shape index (κ1) is 12.0. The summed E-state index contributed by atoms with van der Waals surface area (Å²) in [5, 5.41) is 2.58. The van der Waals surface area contributed by atoms with E-state index in [9.17, 15) is 0 Å². The predicted octanol–water partition coefficient (Wildman–Crippen LogP) is 4.59. The lowest BCUT2D eigenvalue weighted by Crippen LogP contribution is -1.95. The van der Waals surface area contributed by atoms with Gasteiger partial charge in [-0.05, 0) is 47.9 Å². The van der Waals surface area contributed by atoms with Crippen LogP contribution in [0.1, 0.15) is 36.5 Å². The molecule has 1 heteroatoms. The minimum Gasteiger partial charge on any atom is -0.496 e. The van der Waals surface area contributed by atoms with Crippen LogP contribution in [0.25, 0.3) is 10.8 Å². The fourth-order valence-corrected chi connectivity index (χ4v) is 2.44. The highest BCUT2D eigenvalue weighted by Gasteiger charge is 2.11. The van der Waals surface area contributed by atoms with E-state index in [-0.39, 0.29) is 0 Å². The van der Waals surface area contributed by atoms with E-state index in [4.69, 9.17) is 4.74 Å². The number of hydrogen-bond donors (Lipinski definition) is 0. The van der Waals surface area contributed by atoms with Crippen molar-refractivity contribution >= 4 is 10.8 Å². The van der Waals surface area contributed by atoms with E-state index < -0.39 is 0 Å². The maximum absolute atomic E-state index is 5.52. The van der Waals surface area contributed by atoms with Gasteiger partial charge in [0.2, 0.25) is 0 Å². The third kappa shape index (κ3) is 2.02. The second kappa shape index (κ2) is 4.40. The zero-order valence-corrected chi connectivity index (χ0v) is 11.3. The standard InChI is InChI=1S/C16H20O/c1-10(2)13-7-6-12(4)16-14(13)8-11(3)9-15(16)17-5/h6-10H,1-5H3. The zero-order chi connectivity index (χ0) is 12.6. The first-order valence-corrected chi connectivity index (χ1v) is 6.12. The van der Waals surface area contributed by atoms with E-state index in [1.54, 1.807) is 7.11 Å². The number of rotatable bonds is 2. The monoisotopic (exact) mass is 228 g/mol. The van der Waals surface area contributed by atoms with Crippen LogP contribution in [-0.2, 0) is 0 Å². The maximum Gasteiger partial charge on any atom is 0.127 e. The number of hydrogen-bond acceptors (Lipinski definition) is 1. The van der Waals surface area contributed by atoms with E-state index in [1.165, 1.54) is 27.5 Å². The Bertz CT molecular complexity index is 553. The Morgan fingerprint density at radius 2 is 1.76 bits per heavy atom. The molecule has 17 heavy (non-hydrogen) atoms. The molecule has 0 bridgehead atoms. The molecule has 0 aliphatic carbocycles. The molecule has 2 rings (SSSR count). The van der Waals surface area contributed by atoms with Gasteiger partial charge < -0.3 is 4.74 Å². The molecule has 0 spiro atoms. The summed E-state index contributed by atoms with van der Waals surface area (Å²) in [5.74, 6) is 1.52. The molecule has 0 unspecified atom stereocenters. The van der Waals surface area contributed by atoms with Gasteiger partial charge in [0.25, 0.3) is 0 Å². The summed E-state index contributed by atoms with van der Waals surface area (Å²) in [7, 11) is 1.75. The van der Waals surface area contributed by atoms with Gasteiger partial charge in [0.05, 0.1) is 7.11 Å². The third-order valence-electron chi connectivity index (χ3n) is 3.31. The molecular weight excluding hydrogens is 208 g/mol. The van der Waals surface area contributed by atoms with E-state index in [1.807, 2.05) is 0 Å². The van der Waals surface area contributed by atoms with E-state index >= 15 is 0 Å². The van der Waals surface area contributed by atoms with E-state index in [2.05, 4.69) is 52.0 Å². The molecule has 0 aliphatic heterocycles. The van der Waals surface area contributed by atoms with Crippen molar-refractivity contribution in [2.24, 2.45) is 0 Å². The maximum atomic E-state index is 5.52. The Kier molecular flexibility index (Phi) is 3.10. The molecule has 2 aromatic carbocycles. The van der Waals surface area contributed by atoms with Crippen LogP contribution in [0, 0.1) is 13.8 Å². The first-order valence-electron chi connectivity index (χ1n) is 6.12. The lowest BCUT2D eigenvalue weighted by molar-refractivity contribution is 0.419. The number of ether oxygens (including phenoxy) is 1. The summed E-state index contributed by atoms with van der Waals surface area (Å²) in [5.41, 5.74) is 3.93. The number of methoxy groups -OCH3 is 1. The van der Waals surface area contributed by atoms with Crippen LogP contribution in [0.4, 0.5) is 0 Å². The van der Waals surface area contributed by atoms with Crippen LogP contribution in [0.5, 0.6) is 5.75 Å². The summed E-state index contributed by atoms with van der Waals surface area (Å²) in [4.78, 5) is 0. The second-order valence-electron chi connectivity index (χ2n) is 5.02. The molecule has 0 fully saturated rings. The molecule has 0 aromatic heterocycles. The molecule has 0 N–H and O–H groups in total. The summed E-state index contributed by atoms with van der Waals surface area (Å²) in [6.45, 7) is 8.73. The highest BCUT2D eigenvalue weighted by atomic mass is 16.5. The van der Waals surface area contributed by atoms with Gasteiger partial charge in [-0.15, -0.1) is 0 Å². The van der Waals surface area contributed by atoms with Crippen molar-refractivity contribution in [1.82, 2.24) is 0 Å². The Morgan fingerprint density at radius 1 is 1.06 bits per heavy atom. The SMILES string of the molecule is COc1cc(C)cc2c(C(C)C)ccc(C)c12. The Morgan fingerprint density at radius 3 is 2.35 bits per heavy atom. The minimum absolute atomic E-state index is 0.532. The smallest absolute Gasteiger partial charge is 0.127 e. The predicted molar refractivity (Wildman–Crippen MR) is 74.1 cm³/mol. The second-order valence-corrected chi connectivity index (χ2v) is 5.02. The molecule has 0 radical (unpaired) electrons. The number of aryl methyl sites for hydroxylation is 2. The normalized spacial score (nSPS) is 11.2. The summed E-state index contributed by atoms with van der Waals surface area (Å²) < 4.78 is 5.52. The lowest BCUT2D eigenvalue weighted by Gasteiger charge is -2.15. The Labute approximate surface area is 103 Å². The molecule has 2 aromatic rings. The first-order chi connectivity index (χ1) is 8.04. The van der Waals surface area contributed by atoms with Crippen molar-refractivity contribution in [3.63, 3.8) is 0 Å². The van der Waals surface area contributed by atoms with Crippen molar-refractivity contribution in [2.75, 3.05) is 7.11 Å². The van der Waals surface area contributed by atoms with Gasteiger partial charge in [-0.1, -0.05) is 32.0 Å². The van der Waals surface area contributed by atoms with Gasteiger partial charge >= 0.3 is 0 Å². The quantitative estimate of drug-likeness (QED) is 0.730. The molecule has 90 valence electrons. The van der Waals surface area contributed by atoms with Crippen LogP contribution in [0.3, 0.4) is 0 Å². The topological polar surface area (TPSA) is 9.23 Å². The molecule has 0 saturated heterocycles. The van der Waals surface area contributed by atoms with Crippen LogP contribution in [0.15, 0.2) is 24.3 Å². The van der Waals surface area contributed by atoms with Gasteiger partial charge in [-0.3, -0.25) is 0 Å². The fourth-order valence-electron chi connectivity index (χ4n) is 2.44. The van der Waals surface area contributed by atoms with E-state index in [0.29, 0.717) is 5.92 Å². The zero-order valence-electron chi connectivity index (χ0n) is 11.3. The van der Waals surface area contributed by atoms with Crippen LogP contribution in [0.2, 0.25) is 0 Å². The van der Waals surface area contributed by atoms with Crippen LogP contribution >= 0.6 is 0 Å². The molecular formula is C16H20O. The van der Waals surface area contributed by atoms with Gasteiger partial charge in [0, 0.05) is 5.39 Å². The molecule has 0 heterocycles. The summed E-state index contributed by atoms with van der Waals surface area (Å²) in [6, 6.07) is 8.80. The van der Waals surface area contributed by atoms with E-state index in [0.717, 1.165) is 5.75 Å². The van der Waals surface area contributed by atoms with Gasteiger partial charge in [0.1, 0.15) is 5.75 Å². The van der Waals surface area contributed by atoms with Gasteiger partial charge in [-0.25, -0.2) is 0 Å². The molecule has 0 amide bonds. The van der Waals surface area contributed by atoms with Crippen LogP contribution < -0.4 is 4.74 Å². The minimum atomic E-state index is 0.532. The van der Waals surface area contributed by atoms with Crippen molar-refractivity contribution in [1.29, 1.82) is 0 Å². The van der Waals surface area contributed by atoms with Crippen molar-refractivity contribution < 1.29 is 4.74 Å². The molecule has 0 aliphatic rings. The number of benzene rings is 2. The van der Waals surface area contributed by atoms with Crippen LogP contribution in [-0.4, -0.2) is 7.11 Å². The van der Waals surface area contributed by atoms with Crippen molar-refractivity contribution in [3.8, 4) is 5.75 Å². The largest absolute Gasteiger partial charge is 0.496 e.